The fourth-order valence-electron chi connectivity index (χ4n) is 4.25. The van der Waals surface area contributed by atoms with Gasteiger partial charge in [-0.15, -0.1) is 0 Å². The summed E-state index contributed by atoms with van der Waals surface area (Å²) in [6.07, 6.45) is 2.05. The Morgan fingerprint density at radius 1 is 0.968 bits per heavy atom. The van der Waals surface area contributed by atoms with Gasteiger partial charge < -0.3 is 14.8 Å². The second-order valence-electron chi connectivity index (χ2n) is 7.81. The number of carbonyl (C=O) groups excluding carboxylic acids is 1. The van der Waals surface area contributed by atoms with Crippen molar-refractivity contribution >= 4 is 23.3 Å². The second-order valence-corrected chi connectivity index (χ2v) is 8.25. The second kappa shape index (κ2) is 7.97. The predicted molar refractivity (Wildman–Crippen MR) is 125 cm³/mol. The Hall–Kier alpha value is -3.50. The van der Waals surface area contributed by atoms with E-state index in [4.69, 9.17) is 11.6 Å². The zero-order valence-corrected chi connectivity index (χ0v) is 17.9. The van der Waals surface area contributed by atoms with Crippen LogP contribution in [0.25, 0.3) is 5.69 Å². The SMILES string of the molecule is Cc1cccc(NC(=O)N2Cc3ccccc3-n3cccc3[C@@H]2c2ccc(Cl)cc2)c1. The van der Waals surface area contributed by atoms with Crippen LogP contribution >= 0.6 is 11.6 Å². The van der Waals surface area contributed by atoms with Crippen molar-refractivity contribution in [3.05, 3.63) is 119 Å². The fourth-order valence-corrected chi connectivity index (χ4v) is 4.38. The molecule has 0 radical (unpaired) electrons. The minimum absolute atomic E-state index is 0.144. The molecule has 5 heteroatoms. The highest BCUT2D eigenvalue weighted by atomic mass is 35.5. The number of nitrogens with zero attached hydrogens (tertiary/aromatic N) is 2. The Kier molecular flexibility index (Phi) is 5.00. The lowest BCUT2D eigenvalue weighted by Crippen LogP contribution is -2.37. The number of para-hydroxylation sites is 1. The molecule has 1 aromatic heterocycles. The summed E-state index contributed by atoms with van der Waals surface area (Å²) < 4.78 is 2.18. The molecule has 0 fully saturated rings. The van der Waals surface area contributed by atoms with Crippen molar-refractivity contribution in [2.75, 3.05) is 5.32 Å². The van der Waals surface area contributed by atoms with Crippen molar-refractivity contribution < 1.29 is 4.79 Å². The molecule has 5 rings (SSSR count). The first-order valence-electron chi connectivity index (χ1n) is 10.3. The van der Waals surface area contributed by atoms with Gasteiger partial charge in [0, 0.05) is 22.6 Å². The third-order valence-electron chi connectivity index (χ3n) is 5.68. The van der Waals surface area contributed by atoms with Crippen molar-refractivity contribution in [1.82, 2.24) is 9.47 Å². The van der Waals surface area contributed by atoms with Gasteiger partial charge in [-0.3, -0.25) is 0 Å². The van der Waals surface area contributed by atoms with E-state index in [9.17, 15) is 4.79 Å². The number of benzene rings is 3. The van der Waals surface area contributed by atoms with Crippen LogP contribution in [-0.2, 0) is 6.54 Å². The molecular weight excluding hydrogens is 406 g/mol. The molecule has 4 nitrogen and oxygen atoms in total. The number of anilines is 1. The van der Waals surface area contributed by atoms with E-state index in [1.807, 2.05) is 78.6 Å². The molecule has 3 aromatic carbocycles. The monoisotopic (exact) mass is 427 g/mol. The molecule has 1 N–H and O–H groups in total. The van der Waals surface area contributed by atoms with Crippen LogP contribution in [0.5, 0.6) is 0 Å². The smallest absolute Gasteiger partial charge is 0.318 e. The summed E-state index contributed by atoms with van der Waals surface area (Å²) in [7, 11) is 0. The quantitative estimate of drug-likeness (QED) is 0.385. The summed E-state index contributed by atoms with van der Waals surface area (Å²) >= 11 is 6.16. The molecular formula is C26H22ClN3O. The molecule has 0 spiro atoms. The Bertz CT molecular complexity index is 1250. The van der Waals surface area contributed by atoms with Crippen molar-refractivity contribution in [1.29, 1.82) is 0 Å². The lowest BCUT2D eigenvalue weighted by atomic mass is 10.0. The van der Waals surface area contributed by atoms with Gasteiger partial charge in [0.25, 0.3) is 0 Å². The van der Waals surface area contributed by atoms with Crippen LogP contribution in [0.1, 0.15) is 28.4 Å². The van der Waals surface area contributed by atoms with E-state index in [-0.39, 0.29) is 12.1 Å². The van der Waals surface area contributed by atoms with Crippen molar-refractivity contribution in [3.8, 4) is 5.69 Å². The van der Waals surface area contributed by atoms with Crippen LogP contribution in [0, 0.1) is 6.92 Å². The summed E-state index contributed by atoms with van der Waals surface area (Å²) in [6.45, 7) is 2.50. The van der Waals surface area contributed by atoms with Gasteiger partial charge in [0.2, 0.25) is 0 Å². The van der Waals surface area contributed by atoms with Crippen LogP contribution in [0.2, 0.25) is 5.02 Å². The summed E-state index contributed by atoms with van der Waals surface area (Å²) in [5, 5.41) is 3.77. The zero-order chi connectivity index (χ0) is 21.4. The molecule has 0 saturated heterocycles. The molecule has 1 aliphatic heterocycles. The lowest BCUT2D eigenvalue weighted by Gasteiger charge is -2.31. The van der Waals surface area contributed by atoms with Gasteiger partial charge in [-0.05, 0) is 66.1 Å². The van der Waals surface area contributed by atoms with E-state index in [1.54, 1.807) is 0 Å². The highest BCUT2D eigenvalue weighted by Crippen LogP contribution is 2.37. The molecule has 2 amide bonds. The van der Waals surface area contributed by atoms with Crippen LogP contribution in [-0.4, -0.2) is 15.5 Å². The Balaban J connectivity index is 1.63. The minimum Gasteiger partial charge on any atom is -0.318 e. The molecule has 4 aromatic rings. The highest BCUT2D eigenvalue weighted by Gasteiger charge is 2.32. The van der Waals surface area contributed by atoms with Gasteiger partial charge in [-0.2, -0.15) is 0 Å². The average molecular weight is 428 g/mol. The molecule has 0 saturated carbocycles. The molecule has 0 unspecified atom stereocenters. The van der Waals surface area contributed by atoms with E-state index in [2.05, 4.69) is 34.3 Å². The normalized spacial score (nSPS) is 15.0. The third kappa shape index (κ3) is 3.71. The zero-order valence-electron chi connectivity index (χ0n) is 17.1. The van der Waals surface area contributed by atoms with Crippen molar-refractivity contribution in [2.45, 2.75) is 19.5 Å². The van der Waals surface area contributed by atoms with E-state index in [0.717, 1.165) is 33.8 Å². The number of fused-ring (bicyclic) bond motifs is 3. The van der Waals surface area contributed by atoms with Gasteiger partial charge in [0.05, 0.1) is 18.3 Å². The standard InChI is InChI=1S/C26H22ClN3O/c1-18-6-4-8-22(16-18)28-26(31)30-17-20-7-2-3-9-23(20)29-15-5-10-24(29)25(30)19-11-13-21(27)14-12-19/h2-16,25H,17H2,1H3,(H,28,31)/t25-/m0/s1. The lowest BCUT2D eigenvalue weighted by molar-refractivity contribution is 0.194. The van der Waals surface area contributed by atoms with E-state index in [1.165, 1.54) is 0 Å². The molecule has 0 aliphatic carbocycles. The maximum absolute atomic E-state index is 13.6. The van der Waals surface area contributed by atoms with Crippen LogP contribution in [0.15, 0.2) is 91.1 Å². The molecule has 2 heterocycles. The first kappa shape index (κ1) is 19.5. The average Bonchev–Trinajstić information content (AvgIpc) is 3.19. The van der Waals surface area contributed by atoms with Gasteiger partial charge in [-0.1, -0.05) is 54.1 Å². The minimum atomic E-state index is -0.260. The van der Waals surface area contributed by atoms with Crippen molar-refractivity contribution in [2.24, 2.45) is 0 Å². The number of aryl methyl sites for hydroxylation is 1. The fraction of sp³-hybridized carbons (Fsp3) is 0.115. The van der Waals surface area contributed by atoms with E-state index in [0.29, 0.717) is 11.6 Å². The van der Waals surface area contributed by atoms with Crippen LogP contribution < -0.4 is 5.32 Å². The summed E-state index contributed by atoms with van der Waals surface area (Å²) in [5.41, 5.74) is 6.11. The number of halogens is 1. The number of nitrogens with one attached hydrogen (secondary N) is 1. The topological polar surface area (TPSA) is 37.3 Å². The number of amides is 2. The first-order valence-corrected chi connectivity index (χ1v) is 10.6. The predicted octanol–water partition coefficient (Wildman–Crippen LogP) is 6.58. The highest BCUT2D eigenvalue weighted by molar-refractivity contribution is 6.30. The Labute approximate surface area is 186 Å². The largest absolute Gasteiger partial charge is 0.322 e. The maximum atomic E-state index is 13.6. The molecule has 154 valence electrons. The van der Waals surface area contributed by atoms with Gasteiger partial charge in [0.1, 0.15) is 0 Å². The summed E-state index contributed by atoms with van der Waals surface area (Å²) in [5.74, 6) is 0. The third-order valence-corrected chi connectivity index (χ3v) is 5.93. The molecule has 0 bridgehead atoms. The molecule has 1 aliphatic rings. The number of rotatable bonds is 2. The molecule has 31 heavy (non-hydrogen) atoms. The van der Waals surface area contributed by atoms with E-state index < -0.39 is 0 Å². The molecule has 1 atom stereocenters. The summed E-state index contributed by atoms with van der Waals surface area (Å²) in [6, 6.07) is 27.5. The number of urea groups is 1. The number of aromatic nitrogens is 1. The Morgan fingerprint density at radius 3 is 2.58 bits per heavy atom. The summed E-state index contributed by atoms with van der Waals surface area (Å²) in [4.78, 5) is 15.5. The van der Waals surface area contributed by atoms with E-state index >= 15 is 0 Å². The van der Waals surface area contributed by atoms with Gasteiger partial charge in [-0.25, -0.2) is 4.79 Å². The number of hydrogen-bond donors (Lipinski definition) is 1. The first-order chi connectivity index (χ1) is 15.1. The van der Waals surface area contributed by atoms with Crippen molar-refractivity contribution in [3.63, 3.8) is 0 Å². The van der Waals surface area contributed by atoms with Gasteiger partial charge in [0.15, 0.2) is 0 Å². The Morgan fingerprint density at radius 2 is 1.77 bits per heavy atom. The number of hydrogen-bond acceptors (Lipinski definition) is 1. The maximum Gasteiger partial charge on any atom is 0.322 e. The van der Waals surface area contributed by atoms with Gasteiger partial charge >= 0.3 is 6.03 Å². The van der Waals surface area contributed by atoms with Crippen LogP contribution in [0.4, 0.5) is 10.5 Å². The number of carbonyl (C=O) groups is 1. The van der Waals surface area contributed by atoms with Crippen LogP contribution in [0.3, 0.4) is 0 Å².